The highest BCUT2D eigenvalue weighted by atomic mass is 35.5. The molecule has 0 saturated heterocycles. The van der Waals surface area contributed by atoms with Gasteiger partial charge in [0.2, 0.25) is 0 Å². The first kappa shape index (κ1) is 24.9. The summed E-state index contributed by atoms with van der Waals surface area (Å²) in [5.41, 5.74) is 4.56. The van der Waals surface area contributed by atoms with Gasteiger partial charge in [-0.25, -0.2) is 18.3 Å². The molecule has 1 atom stereocenters. The first-order valence-electron chi connectivity index (χ1n) is 12.6. The van der Waals surface area contributed by atoms with Gasteiger partial charge in [0.25, 0.3) is 0 Å². The molecule has 1 aliphatic heterocycles. The summed E-state index contributed by atoms with van der Waals surface area (Å²) >= 11 is 5.98. The number of carbonyl (C=O) groups excluding carboxylic acids is 1. The quantitative estimate of drug-likeness (QED) is 0.259. The number of urea groups is 1. The van der Waals surface area contributed by atoms with Crippen LogP contribution in [0.25, 0.3) is 11.5 Å². The van der Waals surface area contributed by atoms with Crippen LogP contribution in [-0.4, -0.2) is 25.3 Å². The topological polar surface area (TPSA) is 55.1 Å². The lowest BCUT2D eigenvalue weighted by Gasteiger charge is -2.31. The molecular formula is C30H24ClF2N5O. The maximum absolute atomic E-state index is 14.0. The van der Waals surface area contributed by atoms with Crippen LogP contribution in [-0.2, 0) is 13.0 Å². The van der Waals surface area contributed by atoms with Gasteiger partial charge in [-0.3, -0.25) is 0 Å². The van der Waals surface area contributed by atoms with Gasteiger partial charge in [-0.05, 0) is 66.6 Å². The number of anilines is 1. The highest BCUT2D eigenvalue weighted by molar-refractivity contribution is 6.31. The Morgan fingerprint density at radius 3 is 2.51 bits per heavy atom. The normalized spacial score (nSPS) is 14.5. The van der Waals surface area contributed by atoms with Crippen molar-refractivity contribution >= 4 is 23.3 Å². The monoisotopic (exact) mass is 543 g/mol. The van der Waals surface area contributed by atoms with E-state index in [1.54, 1.807) is 17.0 Å². The summed E-state index contributed by atoms with van der Waals surface area (Å²) in [6.07, 6.45) is 2.61. The summed E-state index contributed by atoms with van der Waals surface area (Å²) < 4.78 is 31.7. The van der Waals surface area contributed by atoms with E-state index in [2.05, 4.69) is 5.32 Å². The number of hydrogen-bond acceptors (Lipinski definition) is 2. The van der Waals surface area contributed by atoms with Gasteiger partial charge in [0.05, 0.1) is 34.7 Å². The van der Waals surface area contributed by atoms with Crippen molar-refractivity contribution in [2.75, 3.05) is 5.32 Å². The Hall–Kier alpha value is -4.43. The number of amides is 2. The van der Waals surface area contributed by atoms with E-state index in [0.717, 1.165) is 34.0 Å². The predicted molar refractivity (Wildman–Crippen MR) is 146 cm³/mol. The molecule has 2 amide bonds. The van der Waals surface area contributed by atoms with Crippen LogP contribution in [0.4, 0.5) is 19.3 Å². The van der Waals surface area contributed by atoms with Crippen molar-refractivity contribution in [2.45, 2.75) is 25.9 Å². The summed E-state index contributed by atoms with van der Waals surface area (Å²) in [5.74, 6) is -0.0988. The van der Waals surface area contributed by atoms with Crippen molar-refractivity contribution in [1.82, 2.24) is 19.2 Å². The number of aromatic nitrogens is 3. The van der Waals surface area contributed by atoms with E-state index in [1.165, 1.54) is 30.3 Å². The van der Waals surface area contributed by atoms with Crippen LogP contribution in [0, 0.1) is 11.6 Å². The second-order valence-electron chi connectivity index (χ2n) is 9.29. The van der Waals surface area contributed by atoms with Crippen LogP contribution < -0.4 is 5.32 Å². The molecule has 1 N–H and O–H groups in total. The van der Waals surface area contributed by atoms with E-state index in [9.17, 15) is 13.6 Å². The molecule has 0 spiro atoms. The Labute approximate surface area is 229 Å². The first-order chi connectivity index (χ1) is 18.9. The minimum Gasteiger partial charge on any atom is -0.308 e. The highest BCUT2D eigenvalue weighted by Gasteiger charge is 2.36. The smallest absolute Gasteiger partial charge is 0.308 e. The Bertz CT molecular complexity index is 1660. The van der Waals surface area contributed by atoms with Gasteiger partial charge in [-0.15, -0.1) is 0 Å². The number of nitrogens with zero attached hydrogens (tertiary/aromatic N) is 4. The molecule has 3 aromatic carbocycles. The van der Waals surface area contributed by atoms with Crippen LogP contribution >= 0.6 is 11.6 Å². The van der Waals surface area contributed by atoms with E-state index in [-0.39, 0.29) is 17.4 Å². The number of fused-ring (bicyclic) bond motifs is 3. The fraction of sp³-hybridized carbons (Fsp3) is 0.133. The van der Waals surface area contributed by atoms with Crippen molar-refractivity contribution in [3.63, 3.8) is 0 Å². The van der Waals surface area contributed by atoms with E-state index in [1.807, 2.05) is 64.8 Å². The molecule has 196 valence electrons. The average molecular weight is 544 g/mol. The van der Waals surface area contributed by atoms with E-state index >= 15 is 0 Å². The molecule has 0 saturated carbocycles. The van der Waals surface area contributed by atoms with Crippen molar-refractivity contribution in [3.05, 3.63) is 130 Å². The lowest BCUT2D eigenvalue weighted by molar-refractivity contribution is 0.194. The molecule has 0 fully saturated rings. The van der Waals surface area contributed by atoms with Gasteiger partial charge in [0, 0.05) is 17.4 Å². The van der Waals surface area contributed by atoms with Crippen molar-refractivity contribution < 1.29 is 13.6 Å². The minimum atomic E-state index is -0.572. The van der Waals surface area contributed by atoms with Gasteiger partial charge in [-0.1, -0.05) is 48.9 Å². The number of para-hydroxylation sites is 1. The third-order valence-electron chi connectivity index (χ3n) is 6.92. The van der Waals surface area contributed by atoms with E-state index in [4.69, 9.17) is 16.7 Å². The number of benzene rings is 3. The van der Waals surface area contributed by atoms with Crippen molar-refractivity contribution in [2.24, 2.45) is 0 Å². The van der Waals surface area contributed by atoms with Crippen LogP contribution in [0.15, 0.2) is 91.1 Å². The summed E-state index contributed by atoms with van der Waals surface area (Å²) in [6, 6.07) is 22.9. The third-order valence-corrected chi connectivity index (χ3v) is 7.21. The zero-order valence-electron chi connectivity index (χ0n) is 21.0. The van der Waals surface area contributed by atoms with Crippen molar-refractivity contribution in [3.8, 4) is 11.5 Å². The summed E-state index contributed by atoms with van der Waals surface area (Å²) in [5, 5.41) is 7.72. The van der Waals surface area contributed by atoms with Gasteiger partial charge in [-0.2, -0.15) is 5.10 Å². The Morgan fingerprint density at radius 2 is 1.79 bits per heavy atom. The predicted octanol–water partition coefficient (Wildman–Crippen LogP) is 7.29. The van der Waals surface area contributed by atoms with Gasteiger partial charge < -0.3 is 14.8 Å². The Morgan fingerprint density at radius 1 is 1.03 bits per heavy atom. The molecule has 0 radical (unpaired) electrons. The summed E-state index contributed by atoms with van der Waals surface area (Å²) in [7, 11) is 0. The van der Waals surface area contributed by atoms with Gasteiger partial charge in [0.1, 0.15) is 17.5 Å². The zero-order chi connectivity index (χ0) is 27.1. The molecule has 39 heavy (non-hydrogen) atoms. The molecule has 2 aromatic heterocycles. The van der Waals surface area contributed by atoms with Crippen molar-refractivity contribution in [1.29, 1.82) is 0 Å². The molecule has 0 aliphatic carbocycles. The number of nitrogens with one attached hydrogen (secondary N) is 1. The fourth-order valence-electron chi connectivity index (χ4n) is 5.11. The van der Waals surface area contributed by atoms with Gasteiger partial charge >= 0.3 is 6.03 Å². The summed E-state index contributed by atoms with van der Waals surface area (Å²) in [6.45, 7) is 2.26. The van der Waals surface area contributed by atoms with Crippen LogP contribution in [0.5, 0.6) is 0 Å². The number of carbonyl (C=O) groups is 1. The largest absolute Gasteiger partial charge is 0.322 e. The first-order valence-corrected chi connectivity index (χ1v) is 12.9. The average Bonchev–Trinajstić information content (AvgIpc) is 3.53. The maximum Gasteiger partial charge on any atom is 0.322 e. The molecule has 3 heterocycles. The van der Waals surface area contributed by atoms with Crippen LogP contribution in [0.3, 0.4) is 0 Å². The Kier molecular flexibility index (Phi) is 6.40. The second-order valence-corrected chi connectivity index (χ2v) is 9.70. The lowest BCUT2D eigenvalue weighted by Crippen LogP contribution is -2.38. The molecule has 0 bridgehead atoms. The number of aryl methyl sites for hydroxylation is 1. The second kappa shape index (κ2) is 10.0. The lowest BCUT2D eigenvalue weighted by atomic mass is 10.0. The van der Waals surface area contributed by atoms with E-state index in [0.29, 0.717) is 12.1 Å². The SMILES string of the molecule is CCc1nn(-c2ccccc2)c2c1CN(C(=O)Nc1ccc(F)c(Cl)c1)[C@@H](c1ccc(F)cc1)c1cccn1-2. The Balaban J connectivity index is 1.54. The zero-order valence-corrected chi connectivity index (χ0v) is 21.7. The van der Waals surface area contributed by atoms with Gasteiger partial charge in [0.15, 0.2) is 0 Å². The van der Waals surface area contributed by atoms with Crippen LogP contribution in [0.2, 0.25) is 5.02 Å². The highest BCUT2D eigenvalue weighted by Crippen LogP contribution is 2.39. The van der Waals surface area contributed by atoms with Crippen LogP contribution in [0.1, 0.15) is 35.5 Å². The number of halogens is 3. The third kappa shape index (κ3) is 4.46. The number of hydrogen-bond donors (Lipinski definition) is 1. The fourth-order valence-corrected chi connectivity index (χ4v) is 5.29. The molecule has 0 unspecified atom stereocenters. The minimum absolute atomic E-state index is 0.0904. The number of rotatable bonds is 4. The maximum atomic E-state index is 14.0. The van der Waals surface area contributed by atoms with E-state index < -0.39 is 17.9 Å². The standard InChI is InChI=1S/C30H24ClF2N5O/c1-2-26-23-18-37(30(39)34-21-14-15-25(33)24(31)17-21)28(19-10-12-20(32)13-11-19)27-9-6-16-36(27)29(23)38(35-26)22-7-4-3-5-8-22/h3-17,28H,2,18H2,1H3,(H,34,39)/t28-/m0/s1. The molecule has 1 aliphatic rings. The molecule has 5 aromatic rings. The summed E-state index contributed by atoms with van der Waals surface area (Å²) in [4.78, 5) is 15.6. The molecule has 6 nitrogen and oxygen atoms in total. The molecule has 9 heteroatoms. The molecule has 6 rings (SSSR count). The molecular weight excluding hydrogens is 520 g/mol.